The lowest BCUT2D eigenvalue weighted by molar-refractivity contribution is 0.103. The Morgan fingerprint density at radius 1 is 1.25 bits per heavy atom. The molecule has 4 nitrogen and oxygen atoms in total. The Kier molecular flexibility index (Phi) is 3.23. The smallest absolute Gasteiger partial charge is 0.269 e. The predicted molar refractivity (Wildman–Crippen MR) is 79.1 cm³/mol. The number of carbonyl (C=O) groups excluding carboxylic acids is 1. The average molecular weight is 307 g/mol. The number of aryl methyl sites for hydroxylation is 2. The molecule has 20 heavy (non-hydrogen) atoms. The molecule has 0 aliphatic rings. The maximum absolute atomic E-state index is 13.1. The Balaban J connectivity index is 1.89. The van der Waals surface area contributed by atoms with Crippen LogP contribution < -0.4 is 5.32 Å². The SMILES string of the molecule is Cc1nc(C)c(C(=O)Nc2nc3ccc(F)cc3s2)s1. The minimum absolute atomic E-state index is 0.229. The Labute approximate surface area is 122 Å². The lowest BCUT2D eigenvalue weighted by atomic mass is 10.3. The zero-order chi connectivity index (χ0) is 14.3. The monoisotopic (exact) mass is 307 g/mol. The number of carbonyl (C=O) groups is 1. The third-order valence-electron chi connectivity index (χ3n) is 2.68. The topological polar surface area (TPSA) is 54.9 Å². The van der Waals surface area contributed by atoms with E-state index >= 15 is 0 Å². The number of hydrogen-bond donors (Lipinski definition) is 1. The van der Waals surface area contributed by atoms with E-state index in [4.69, 9.17) is 0 Å². The van der Waals surface area contributed by atoms with Crippen molar-refractivity contribution >= 4 is 43.9 Å². The first kappa shape index (κ1) is 13.1. The fourth-order valence-corrected chi connectivity index (χ4v) is 3.55. The molecule has 0 unspecified atom stereocenters. The van der Waals surface area contributed by atoms with Crippen molar-refractivity contribution in [1.82, 2.24) is 9.97 Å². The molecule has 2 aromatic heterocycles. The van der Waals surface area contributed by atoms with Gasteiger partial charge in [0.2, 0.25) is 0 Å². The largest absolute Gasteiger partial charge is 0.297 e. The minimum atomic E-state index is -0.312. The summed E-state index contributed by atoms with van der Waals surface area (Å²) in [5, 5.41) is 4.04. The number of aromatic nitrogens is 2. The zero-order valence-electron chi connectivity index (χ0n) is 10.7. The number of halogens is 1. The van der Waals surface area contributed by atoms with Crippen molar-refractivity contribution in [3.05, 3.63) is 39.6 Å². The molecule has 7 heteroatoms. The summed E-state index contributed by atoms with van der Waals surface area (Å²) < 4.78 is 13.8. The van der Waals surface area contributed by atoms with E-state index < -0.39 is 0 Å². The van der Waals surface area contributed by atoms with Gasteiger partial charge in [0, 0.05) is 0 Å². The molecular weight excluding hydrogens is 297 g/mol. The summed E-state index contributed by atoms with van der Waals surface area (Å²) in [7, 11) is 0. The molecule has 0 aliphatic carbocycles. The summed E-state index contributed by atoms with van der Waals surface area (Å²) in [5.41, 5.74) is 1.38. The summed E-state index contributed by atoms with van der Waals surface area (Å²) in [6, 6.07) is 4.36. The highest BCUT2D eigenvalue weighted by Gasteiger charge is 2.15. The van der Waals surface area contributed by atoms with Crippen LogP contribution >= 0.6 is 22.7 Å². The highest BCUT2D eigenvalue weighted by molar-refractivity contribution is 7.22. The van der Waals surface area contributed by atoms with Crippen molar-refractivity contribution in [2.24, 2.45) is 0 Å². The molecule has 3 rings (SSSR count). The summed E-state index contributed by atoms with van der Waals surface area (Å²) in [6.45, 7) is 3.65. The van der Waals surface area contributed by atoms with Crippen LogP contribution in [0.25, 0.3) is 10.2 Å². The van der Waals surface area contributed by atoms with Gasteiger partial charge in [-0.15, -0.1) is 11.3 Å². The maximum Gasteiger partial charge on any atom is 0.269 e. The van der Waals surface area contributed by atoms with Gasteiger partial charge >= 0.3 is 0 Å². The van der Waals surface area contributed by atoms with Crippen LogP contribution in [0.5, 0.6) is 0 Å². The normalized spacial score (nSPS) is 10.9. The van der Waals surface area contributed by atoms with Crippen LogP contribution in [0.3, 0.4) is 0 Å². The van der Waals surface area contributed by atoms with E-state index in [1.807, 2.05) is 6.92 Å². The van der Waals surface area contributed by atoms with E-state index in [2.05, 4.69) is 15.3 Å². The van der Waals surface area contributed by atoms with Gasteiger partial charge in [-0.3, -0.25) is 10.1 Å². The molecule has 3 aromatic rings. The molecular formula is C13H10FN3OS2. The van der Waals surface area contributed by atoms with Gasteiger partial charge in [0.15, 0.2) is 5.13 Å². The fraction of sp³-hybridized carbons (Fsp3) is 0.154. The van der Waals surface area contributed by atoms with E-state index in [1.165, 1.54) is 34.8 Å². The number of anilines is 1. The fourth-order valence-electron chi connectivity index (χ4n) is 1.85. The molecule has 102 valence electrons. The molecule has 0 spiro atoms. The van der Waals surface area contributed by atoms with E-state index in [1.54, 1.807) is 13.0 Å². The average Bonchev–Trinajstić information content (AvgIpc) is 2.91. The Morgan fingerprint density at radius 2 is 2.05 bits per heavy atom. The third-order valence-corrected chi connectivity index (χ3v) is 4.69. The summed E-state index contributed by atoms with van der Waals surface area (Å²) in [4.78, 5) is 21.2. The third kappa shape index (κ3) is 2.41. The van der Waals surface area contributed by atoms with Crippen LogP contribution in [0.15, 0.2) is 18.2 Å². The highest BCUT2D eigenvalue weighted by atomic mass is 32.1. The van der Waals surface area contributed by atoms with Gasteiger partial charge in [0.25, 0.3) is 5.91 Å². The predicted octanol–water partition coefficient (Wildman–Crippen LogP) is 3.76. The van der Waals surface area contributed by atoms with Gasteiger partial charge < -0.3 is 0 Å². The van der Waals surface area contributed by atoms with Crippen LogP contribution in [-0.2, 0) is 0 Å². The van der Waals surface area contributed by atoms with Gasteiger partial charge in [-0.25, -0.2) is 14.4 Å². The quantitative estimate of drug-likeness (QED) is 0.784. The van der Waals surface area contributed by atoms with Gasteiger partial charge in [0.05, 0.1) is 20.9 Å². The first-order valence-electron chi connectivity index (χ1n) is 5.84. The number of hydrogen-bond acceptors (Lipinski definition) is 5. The Bertz CT molecular complexity index is 809. The molecule has 0 atom stereocenters. The standard InChI is InChI=1S/C13H10FN3OS2/c1-6-11(19-7(2)15-6)12(18)17-13-16-9-4-3-8(14)5-10(9)20-13/h3-5H,1-2H3,(H,16,17,18). The van der Waals surface area contributed by atoms with Crippen molar-refractivity contribution in [3.63, 3.8) is 0 Å². The lowest BCUT2D eigenvalue weighted by Gasteiger charge is -1.98. The highest BCUT2D eigenvalue weighted by Crippen LogP contribution is 2.27. The number of amides is 1. The summed E-state index contributed by atoms with van der Waals surface area (Å²) in [6.07, 6.45) is 0. The number of nitrogens with one attached hydrogen (secondary N) is 1. The van der Waals surface area contributed by atoms with Crippen LogP contribution in [0.4, 0.5) is 9.52 Å². The number of thiazole rings is 2. The number of fused-ring (bicyclic) bond motifs is 1. The summed E-state index contributed by atoms with van der Waals surface area (Å²) >= 11 is 2.59. The molecule has 0 aliphatic heterocycles. The van der Waals surface area contributed by atoms with E-state index in [-0.39, 0.29) is 11.7 Å². The van der Waals surface area contributed by atoms with Crippen LogP contribution in [0, 0.1) is 19.7 Å². The lowest BCUT2D eigenvalue weighted by Crippen LogP contribution is -2.11. The van der Waals surface area contributed by atoms with Crippen LogP contribution in [0.2, 0.25) is 0 Å². The molecule has 0 bridgehead atoms. The first-order chi connectivity index (χ1) is 9.52. The minimum Gasteiger partial charge on any atom is -0.297 e. The summed E-state index contributed by atoms with van der Waals surface area (Å²) in [5.74, 6) is -0.541. The number of rotatable bonds is 2. The number of benzene rings is 1. The zero-order valence-corrected chi connectivity index (χ0v) is 12.4. The van der Waals surface area contributed by atoms with Crippen molar-refractivity contribution in [1.29, 1.82) is 0 Å². The van der Waals surface area contributed by atoms with E-state index in [0.29, 0.717) is 25.9 Å². The molecule has 0 saturated heterocycles. The number of nitrogens with zero attached hydrogens (tertiary/aromatic N) is 2. The molecule has 0 radical (unpaired) electrons. The second-order valence-corrected chi connectivity index (χ2v) is 6.47. The molecule has 0 fully saturated rings. The van der Waals surface area contributed by atoms with Gasteiger partial charge in [0.1, 0.15) is 10.7 Å². The Morgan fingerprint density at radius 3 is 2.75 bits per heavy atom. The van der Waals surface area contributed by atoms with Gasteiger partial charge in [-0.1, -0.05) is 11.3 Å². The van der Waals surface area contributed by atoms with Gasteiger partial charge in [-0.2, -0.15) is 0 Å². The molecule has 1 N–H and O–H groups in total. The van der Waals surface area contributed by atoms with E-state index in [9.17, 15) is 9.18 Å². The van der Waals surface area contributed by atoms with Gasteiger partial charge in [-0.05, 0) is 32.0 Å². The van der Waals surface area contributed by atoms with Crippen molar-refractivity contribution in [2.75, 3.05) is 5.32 Å². The molecule has 1 aromatic carbocycles. The Hall–Kier alpha value is -1.86. The van der Waals surface area contributed by atoms with Crippen molar-refractivity contribution in [2.45, 2.75) is 13.8 Å². The van der Waals surface area contributed by atoms with Crippen LogP contribution in [-0.4, -0.2) is 15.9 Å². The van der Waals surface area contributed by atoms with Crippen molar-refractivity contribution < 1.29 is 9.18 Å². The van der Waals surface area contributed by atoms with Crippen molar-refractivity contribution in [3.8, 4) is 0 Å². The van der Waals surface area contributed by atoms with E-state index in [0.717, 1.165) is 5.01 Å². The van der Waals surface area contributed by atoms with Crippen LogP contribution in [0.1, 0.15) is 20.4 Å². The first-order valence-corrected chi connectivity index (χ1v) is 7.48. The molecule has 2 heterocycles. The molecule has 1 amide bonds. The molecule has 0 saturated carbocycles. The second-order valence-electron chi connectivity index (χ2n) is 4.23. The maximum atomic E-state index is 13.1. The second kappa shape index (κ2) is 4.92.